The molecule has 1 unspecified atom stereocenters. The van der Waals surface area contributed by atoms with Gasteiger partial charge in [-0.05, 0) is 19.3 Å². The first-order valence-corrected chi connectivity index (χ1v) is 11.0. The average Bonchev–Trinajstić information content (AvgIpc) is 2.79. The van der Waals surface area contributed by atoms with Crippen molar-refractivity contribution in [2.24, 2.45) is 0 Å². The fourth-order valence-electron chi connectivity index (χ4n) is 1.62. The van der Waals surface area contributed by atoms with E-state index in [4.69, 9.17) is 21.8 Å². The molecule has 1 aliphatic heterocycles. The van der Waals surface area contributed by atoms with Crippen LogP contribution in [-0.2, 0) is 25.6 Å². The molecule has 2 rings (SSSR count). The van der Waals surface area contributed by atoms with E-state index in [1.807, 2.05) is 0 Å². The molecule has 1 nitrogen and oxygen atoms in total. The van der Waals surface area contributed by atoms with Gasteiger partial charge in [-0.2, -0.15) is 0 Å². The maximum atomic E-state index is 5.53. The zero-order valence-electron chi connectivity index (χ0n) is 7.88. The Bertz CT molecular complexity index is 210. The van der Waals surface area contributed by atoms with Gasteiger partial charge in [-0.3, -0.25) is 0 Å². The van der Waals surface area contributed by atoms with E-state index in [-0.39, 0.29) is 0 Å². The molecule has 1 heterocycles. The molecule has 4 heteroatoms. The summed E-state index contributed by atoms with van der Waals surface area (Å²) in [6, 6.07) is 0. The third kappa shape index (κ3) is 5.12. The van der Waals surface area contributed by atoms with Crippen LogP contribution in [0, 0.1) is 6.42 Å². The molecule has 1 saturated heterocycles. The van der Waals surface area contributed by atoms with Crippen LogP contribution in [0.15, 0.2) is 23.8 Å². The fraction of sp³-hybridized carbons (Fsp3) is 0.500. The number of rotatable bonds is 2. The van der Waals surface area contributed by atoms with Gasteiger partial charge in [-0.1, -0.05) is 23.8 Å². The molecule has 0 spiro atoms. The van der Waals surface area contributed by atoms with Crippen molar-refractivity contribution in [1.29, 1.82) is 0 Å². The van der Waals surface area contributed by atoms with Gasteiger partial charge in [-0.25, -0.2) is 0 Å². The van der Waals surface area contributed by atoms with E-state index < -0.39 is 20.8 Å². The van der Waals surface area contributed by atoms with E-state index in [0.29, 0.717) is 6.10 Å². The zero-order chi connectivity index (χ0) is 10.2. The van der Waals surface area contributed by atoms with Crippen LogP contribution < -0.4 is 0 Å². The predicted molar refractivity (Wildman–Crippen MR) is 56.8 cm³/mol. The topological polar surface area (TPSA) is 9.23 Å². The van der Waals surface area contributed by atoms with E-state index in [1.54, 1.807) is 0 Å². The number of hydrogen-bond acceptors (Lipinski definition) is 1. The SMILES string of the molecule is [CH]1C=CC=C1CC1CCCO1.[Cl][Zr][Cl]. The Hall–Kier alpha value is 0.903. The number of ether oxygens (including phenoxy) is 1. The van der Waals surface area contributed by atoms with Crippen molar-refractivity contribution in [3.8, 4) is 0 Å². The van der Waals surface area contributed by atoms with Crippen LogP contribution >= 0.6 is 17.0 Å². The van der Waals surface area contributed by atoms with E-state index in [2.05, 4.69) is 24.6 Å². The molecule has 2 aliphatic rings. The minimum atomic E-state index is -0.826. The van der Waals surface area contributed by atoms with Gasteiger partial charge < -0.3 is 4.74 Å². The Labute approximate surface area is 104 Å². The van der Waals surface area contributed by atoms with Crippen molar-refractivity contribution in [3.63, 3.8) is 0 Å². The van der Waals surface area contributed by atoms with Gasteiger partial charge in [0, 0.05) is 13.0 Å². The molecule has 77 valence electrons. The standard InChI is InChI=1S/C10H13O.2ClH.Zr/c1-2-5-9(4-1)8-10-6-3-7-11-10;;;/h1-2,4-5,10H,3,6-8H2;2*1H;/q;;;+2/p-2. The third-order valence-corrected chi connectivity index (χ3v) is 2.22. The molecule has 1 atom stereocenters. The molecule has 0 amide bonds. The Balaban J connectivity index is 0.000000293. The summed E-state index contributed by atoms with van der Waals surface area (Å²) in [7, 11) is 9.87. The molecular weight excluding hydrogens is 298 g/mol. The second-order valence-electron chi connectivity index (χ2n) is 3.20. The van der Waals surface area contributed by atoms with Gasteiger partial charge in [0.25, 0.3) is 0 Å². The number of halogens is 2. The predicted octanol–water partition coefficient (Wildman–Crippen LogP) is 3.63. The molecule has 1 aliphatic carbocycles. The van der Waals surface area contributed by atoms with Crippen molar-refractivity contribution in [3.05, 3.63) is 30.2 Å². The van der Waals surface area contributed by atoms with Crippen LogP contribution in [0.1, 0.15) is 19.3 Å². The summed E-state index contributed by atoms with van der Waals surface area (Å²) in [6.07, 6.45) is 12.6. The van der Waals surface area contributed by atoms with Crippen LogP contribution in [0.2, 0.25) is 0 Å². The molecule has 1 radical (unpaired) electrons. The van der Waals surface area contributed by atoms with E-state index in [9.17, 15) is 0 Å². The summed E-state index contributed by atoms with van der Waals surface area (Å²) in [5.74, 6) is 0. The first kappa shape index (κ1) is 13.0. The Morgan fingerprint density at radius 3 is 2.71 bits per heavy atom. The summed E-state index contributed by atoms with van der Waals surface area (Å²) in [5, 5.41) is 0. The van der Waals surface area contributed by atoms with Crippen molar-refractivity contribution in [1.82, 2.24) is 0 Å². The molecule has 14 heavy (non-hydrogen) atoms. The number of allylic oxidation sites excluding steroid dienone is 3. The third-order valence-electron chi connectivity index (χ3n) is 2.22. The van der Waals surface area contributed by atoms with Gasteiger partial charge in [-0.15, -0.1) is 0 Å². The number of hydrogen-bond donors (Lipinski definition) is 0. The average molecular weight is 311 g/mol. The first-order chi connectivity index (χ1) is 6.86. The van der Waals surface area contributed by atoms with Crippen LogP contribution in [0.25, 0.3) is 0 Å². The van der Waals surface area contributed by atoms with Crippen LogP contribution in [-0.4, -0.2) is 12.7 Å². The second kappa shape index (κ2) is 8.10. The molecule has 0 saturated carbocycles. The van der Waals surface area contributed by atoms with Gasteiger partial charge in [0.2, 0.25) is 0 Å². The summed E-state index contributed by atoms with van der Waals surface area (Å²) < 4.78 is 5.53. The molecule has 0 aromatic carbocycles. The van der Waals surface area contributed by atoms with Crippen LogP contribution in [0.4, 0.5) is 0 Å². The Kier molecular flexibility index (Phi) is 7.51. The van der Waals surface area contributed by atoms with Crippen molar-refractivity contribution in [2.75, 3.05) is 6.61 Å². The quantitative estimate of drug-likeness (QED) is 0.757. The normalized spacial score (nSPS) is 24.1. The minimum absolute atomic E-state index is 0.498. The Morgan fingerprint density at radius 1 is 1.43 bits per heavy atom. The van der Waals surface area contributed by atoms with Gasteiger partial charge in [0.1, 0.15) is 0 Å². The van der Waals surface area contributed by atoms with E-state index in [1.165, 1.54) is 18.4 Å². The molecule has 0 bridgehead atoms. The molecule has 0 aromatic rings. The van der Waals surface area contributed by atoms with E-state index >= 15 is 0 Å². The van der Waals surface area contributed by atoms with Gasteiger partial charge in [0.05, 0.1) is 6.10 Å². The summed E-state index contributed by atoms with van der Waals surface area (Å²) in [4.78, 5) is 0. The van der Waals surface area contributed by atoms with Gasteiger partial charge in [0.15, 0.2) is 0 Å². The van der Waals surface area contributed by atoms with Gasteiger partial charge >= 0.3 is 37.9 Å². The van der Waals surface area contributed by atoms with Crippen molar-refractivity contribution < 1.29 is 25.6 Å². The van der Waals surface area contributed by atoms with Crippen LogP contribution in [0.5, 0.6) is 0 Å². The molecule has 0 aromatic heterocycles. The molecule has 1 fully saturated rings. The van der Waals surface area contributed by atoms with E-state index in [0.717, 1.165) is 13.0 Å². The van der Waals surface area contributed by atoms with Crippen LogP contribution in [0.3, 0.4) is 0 Å². The van der Waals surface area contributed by atoms with Crippen molar-refractivity contribution in [2.45, 2.75) is 25.4 Å². The first-order valence-electron chi connectivity index (χ1n) is 4.65. The molecular formula is C10H13Cl2OZr. The molecule has 0 N–H and O–H groups in total. The maximum absolute atomic E-state index is 5.53. The summed E-state index contributed by atoms with van der Waals surface area (Å²) in [6.45, 7) is 0.964. The summed E-state index contributed by atoms with van der Waals surface area (Å²) >= 11 is -0.826. The summed E-state index contributed by atoms with van der Waals surface area (Å²) in [5.41, 5.74) is 1.41. The zero-order valence-corrected chi connectivity index (χ0v) is 11.8. The Morgan fingerprint density at radius 2 is 2.21 bits per heavy atom. The second-order valence-corrected chi connectivity index (χ2v) is 6.94. The fourth-order valence-corrected chi connectivity index (χ4v) is 1.62. The van der Waals surface area contributed by atoms with Crippen molar-refractivity contribution >= 4 is 17.0 Å². The monoisotopic (exact) mass is 309 g/mol.